The fourth-order valence-corrected chi connectivity index (χ4v) is 3.05. The number of nitrogens with one attached hydrogen (secondary N) is 1. The maximum absolute atomic E-state index is 13.1. The number of hydrogen-bond acceptors (Lipinski definition) is 4. The lowest BCUT2D eigenvalue weighted by Gasteiger charge is -2.14. The molecule has 3 aromatic carbocycles. The highest BCUT2D eigenvalue weighted by Gasteiger charge is 2.33. The van der Waals surface area contributed by atoms with Gasteiger partial charge in [0.15, 0.2) is 6.61 Å². The van der Waals surface area contributed by atoms with Crippen LogP contribution in [0.15, 0.2) is 78.9 Å². The van der Waals surface area contributed by atoms with Crippen LogP contribution in [-0.2, 0) is 20.5 Å². The van der Waals surface area contributed by atoms with Gasteiger partial charge >= 0.3 is 12.1 Å². The molecule has 0 aliphatic heterocycles. The van der Waals surface area contributed by atoms with Crippen molar-refractivity contribution in [2.75, 3.05) is 19.0 Å². The zero-order valence-electron chi connectivity index (χ0n) is 17.6. The summed E-state index contributed by atoms with van der Waals surface area (Å²) in [5.74, 6) is -1.18. The number of amides is 1. The quantitative estimate of drug-likeness (QED) is 0.293. The van der Waals surface area contributed by atoms with E-state index in [0.717, 1.165) is 12.1 Å². The van der Waals surface area contributed by atoms with E-state index in [1.54, 1.807) is 60.7 Å². The van der Waals surface area contributed by atoms with Gasteiger partial charge in [0.2, 0.25) is 0 Å². The van der Waals surface area contributed by atoms with E-state index in [4.69, 9.17) is 9.47 Å². The third-order valence-electron chi connectivity index (χ3n) is 4.58. The number of rotatable bonds is 7. The number of benzene rings is 3. The third kappa shape index (κ3) is 6.22. The minimum Gasteiger partial charge on any atom is -0.496 e. The van der Waals surface area contributed by atoms with E-state index in [9.17, 15) is 22.8 Å². The summed E-state index contributed by atoms with van der Waals surface area (Å²) in [6.45, 7) is -0.763. The molecule has 1 amide bonds. The number of alkyl halides is 3. The Labute approximate surface area is 188 Å². The Bertz CT molecular complexity index is 1160. The molecule has 8 heteroatoms. The maximum Gasteiger partial charge on any atom is 0.418 e. The van der Waals surface area contributed by atoms with Gasteiger partial charge in [-0.1, -0.05) is 60.7 Å². The summed E-state index contributed by atoms with van der Waals surface area (Å²) in [6.07, 6.45) is -3.08. The van der Waals surface area contributed by atoms with Crippen molar-refractivity contribution in [1.82, 2.24) is 0 Å². The highest BCUT2D eigenvalue weighted by atomic mass is 19.4. The van der Waals surface area contributed by atoms with Crippen LogP contribution in [0.4, 0.5) is 18.9 Å². The van der Waals surface area contributed by atoms with Crippen molar-refractivity contribution < 1.29 is 32.2 Å². The molecule has 3 aromatic rings. The summed E-state index contributed by atoms with van der Waals surface area (Å²) in [4.78, 5) is 25.1. The highest BCUT2D eigenvalue weighted by molar-refractivity contribution is 6.22. The van der Waals surface area contributed by atoms with E-state index in [-0.39, 0.29) is 5.57 Å². The van der Waals surface area contributed by atoms with Crippen LogP contribution in [0.5, 0.6) is 5.75 Å². The number of halogens is 3. The van der Waals surface area contributed by atoms with Crippen molar-refractivity contribution in [3.05, 3.63) is 95.6 Å². The van der Waals surface area contributed by atoms with Crippen LogP contribution >= 0.6 is 0 Å². The van der Waals surface area contributed by atoms with Gasteiger partial charge in [-0.25, -0.2) is 4.79 Å². The van der Waals surface area contributed by atoms with E-state index in [1.165, 1.54) is 19.2 Å². The molecule has 0 bridgehead atoms. The van der Waals surface area contributed by atoms with E-state index in [1.807, 2.05) is 0 Å². The number of methoxy groups -OCH3 is 1. The van der Waals surface area contributed by atoms with Gasteiger partial charge in [-0.3, -0.25) is 4.79 Å². The second-order valence-corrected chi connectivity index (χ2v) is 6.83. The van der Waals surface area contributed by atoms with Crippen molar-refractivity contribution in [3.8, 4) is 5.75 Å². The molecule has 0 aliphatic carbocycles. The molecule has 0 fully saturated rings. The molecule has 1 N–H and O–H groups in total. The van der Waals surface area contributed by atoms with E-state index in [0.29, 0.717) is 16.9 Å². The van der Waals surface area contributed by atoms with Crippen LogP contribution in [0.2, 0.25) is 0 Å². The molecule has 3 rings (SSSR count). The number of hydrogen-bond donors (Lipinski definition) is 1. The SMILES string of the molecule is COc1ccccc1C=C(C(=O)OCC(=O)Nc1ccccc1C(F)(F)F)c1ccccc1. The van der Waals surface area contributed by atoms with Gasteiger partial charge in [0.25, 0.3) is 5.91 Å². The molecule has 0 saturated carbocycles. The Morgan fingerprint density at radius 3 is 2.24 bits per heavy atom. The number of carbonyl (C=O) groups excluding carboxylic acids is 2. The number of ether oxygens (including phenoxy) is 2. The predicted molar refractivity (Wildman–Crippen MR) is 118 cm³/mol. The average Bonchev–Trinajstić information content (AvgIpc) is 2.81. The first-order chi connectivity index (χ1) is 15.8. The van der Waals surface area contributed by atoms with Crippen molar-refractivity contribution in [3.63, 3.8) is 0 Å². The van der Waals surface area contributed by atoms with Gasteiger partial charge in [0.1, 0.15) is 5.75 Å². The van der Waals surface area contributed by atoms with Gasteiger partial charge in [-0.05, 0) is 29.8 Å². The Morgan fingerprint density at radius 2 is 1.55 bits per heavy atom. The Hall–Kier alpha value is -4.07. The second-order valence-electron chi connectivity index (χ2n) is 6.83. The smallest absolute Gasteiger partial charge is 0.418 e. The third-order valence-corrected chi connectivity index (χ3v) is 4.58. The molecule has 0 spiro atoms. The average molecular weight is 455 g/mol. The lowest BCUT2D eigenvalue weighted by atomic mass is 10.0. The highest BCUT2D eigenvalue weighted by Crippen LogP contribution is 2.34. The Balaban J connectivity index is 1.79. The zero-order chi connectivity index (χ0) is 23.8. The molecule has 0 aliphatic rings. The summed E-state index contributed by atoms with van der Waals surface area (Å²) in [5, 5.41) is 2.14. The van der Waals surface area contributed by atoms with E-state index < -0.39 is 35.9 Å². The van der Waals surface area contributed by atoms with E-state index >= 15 is 0 Å². The van der Waals surface area contributed by atoms with Crippen molar-refractivity contribution in [1.29, 1.82) is 0 Å². The van der Waals surface area contributed by atoms with Crippen molar-refractivity contribution >= 4 is 29.2 Å². The molecule has 0 heterocycles. The lowest BCUT2D eigenvalue weighted by Crippen LogP contribution is -2.23. The molecular weight excluding hydrogens is 435 g/mol. The number of carbonyl (C=O) groups is 2. The first-order valence-corrected chi connectivity index (χ1v) is 9.83. The first kappa shape index (κ1) is 23.6. The maximum atomic E-state index is 13.1. The van der Waals surface area contributed by atoms with E-state index in [2.05, 4.69) is 5.32 Å². The molecule has 0 unspecified atom stereocenters. The number of para-hydroxylation sites is 2. The number of anilines is 1. The fourth-order valence-electron chi connectivity index (χ4n) is 3.05. The van der Waals surface area contributed by atoms with Gasteiger partial charge < -0.3 is 14.8 Å². The van der Waals surface area contributed by atoms with Crippen molar-refractivity contribution in [2.24, 2.45) is 0 Å². The summed E-state index contributed by atoms with van der Waals surface area (Å²) in [6, 6.07) is 20.2. The number of esters is 1. The molecule has 33 heavy (non-hydrogen) atoms. The summed E-state index contributed by atoms with van der Waals surface area (Å²) in [7, 11) is 1.50. The van der Waals surface area contributed by atoms with Gasteiger partial charge in [0, 0.05) is 5.56 Å². The monoisotopic (exact) mass is 455 g/mol. The molecule has 0 aromatic heterocycles. The van der Waals surface area contributed by atoms with Crippen LogP contribution in [0.1, 0.15) is 16.7 Å². The topological polar surface area (TPSA) is 64.6 Å². The Kier molecular flexibility index (Phi) is 7.50. The first-order valence-electron chi connectivity index (χ1n) is 9.83. The molecule has 5 nitrogen and oxygen atoms in total. The largest absolute Gasteiger partial charge is 0.496 e. The molecule has 0 atom stereocenters. The summed E-state index contributed by atoms with van der Waals surface area (Å²) in [5.41, 5.74) is -0.108. The zero-order valence-corrected chi connectivity index (χ0v) is 17.6. The molecule has 170 valence electrons. The standard InChI is InChI=1S/C25H20F3NO4/c1-32-22-14-8-5-11-18(22)15-19(17-9-3-2-4-10-17)24(31)33-16-23(30)29-21-13-7-6-12-20(21)25(26,27)28/h2-15H,16H2,1H3,(H,29,30). The van der Waals surface area contributed by atoms with Crippen molar-refractivity contribution in [2.45, 2.75) is 6.18 Å². The molecule has 0 saturated heterocycles. The lowest BCUT2D eigenvalue weighted by molar-refractivity contribution is -0.141. The van der Waals surface area contributed by atoms with Crippen LogP contribution in [0.3, 0.4) is 0 Å². The minimum atomic E-state index is -4.64. The summed E-state index contributed by atoms with van der Waals surface area (Å²) < 4.78 is 49.8. The predicted octanol–water partition coefficient (Wildman–Crippen LogP) is 5.44. The van der Waals surface area contributed by atoms with Crippen LogP contribution < -0.4 is 10.1 Å². The summed E-state index contributed by atoms with van der Waals surface area (Å²) >= 11 is 0. The molecule has 0 radical (unpaired) electrons. The minimum absolute atomic E-state index is 0.156. The van der Waals surface area contributed by atoms with Gasteiger partial charge in [-0.2, -0.15) is 13.2 Å². The Morgan fingerprint density at radius 1 is 0.909 bits per heavy atom. The van der Waals surface area contributed by atoms with Crippen LogP contribution in [0, 0.1) is 0 Å². The fraction of sp³-hybridized carbons (Fsp3) is 0.120. The van der Waals surface area contributed by atoms with Crippen LogP contribution in [-0.4, -0.2) is 25.6 Å². The van der Waals surface area contributed by atoms with Crippen LogP contribution in [0.25, 0.3) is 11.6 Å². The normalized spacial score (nSPS) is 11.6. The molecular formula is C25H20F3NO4. The van der Waals surface area contributed by atoms with Gasteiger partial charge in [-0.15, -0.1) is 0 Å². The second kappa shape index (κ2) is 10.5. The van der Waals surface area contributed by atoms with Gasteiger partial charge in [0.05, 0.1) is 23.9 Å².